The van der Waals surface area contributed by atoms with Crippen molar-refractivity contribution in [2.45, 2.75) is 38.8 Å². The second-order valence-electron chi connectivity index (χ2n) is 7.20. The van der Waals surface area contributed by atoms with Gasteiger partial charge in [-0.3, -0.25) is 9.59 Å². The van der Waals surface area contributed by atoms with Crippen LogP contribution in [0.15, 0.2) is 54.6 Å². The maximum absolute atomic E-state index is 12.7. The number of halogens is 1. The van der Waals surface area contributed by atoms with Gasteiger partial charge in [-0.15, -0.1) is 0 Å². The Balaban J connectivity index is 2.13. The quantitative estimate of drug-likeness (QED) is 0.598. The van der Waals surface area contributed by atoms with Crippen molar-refractivity contribution in [3.63, 3.8) is 0 Å². The van der Waals surface area contributed by atoms with Gasteiger partial charge in [-0.05, 0) is 30.0 Å². The molecule has 5 nitrogen and oxygen atoms in total. The first-order valence-corrected chi connectivity index (χ1v) is 9.79. The van der Waals surface area contributed by atoms with Gasteiger partial charge in [0.2, 0.25) is 5.91 Å². The molecule has 0 spiro atoms. The lowest BCUT2D eigenvalue weighted by Gasteiger charge is -2.22. The third-order valence-electron chi connectivity index (χ3n) is 4.36. The molecule has 150 valence electrons. The van der Waals surface area contributed by atoms with Crippen LogP contribution in [0.1, 0.15) is 48.7 Å². The molecule has 0 aliphatic carbocycles. The molecular weight excluding hydrogens is 376 g/mol. The topological polar surface area (TPSA) is 78.4 Å². The van der Waals surface area contributed by atoms with E-state index >= 15 is 0 Å². The second kappa shape index (κ2) is 10.8. The largest absolute Gasteiger partial charge is 0.394 e. The molecular formula is C22H27ClN2O3. The minimum absolute atomic E-state index is 0.0643. The van der Waals surface area contributed by atoms with Gasteiger partial charge in [0.15, 0.2) is 0 Å². The third-order valence-corrected chi connectivity index (χ3v) is 4.69. The minimum atomic E-state index is -0.511. The van der Waals surface area contributed by atoms with Gasteiger partial charge in [0.25, 0.3) is 5.91 Å². The van der Waals surface area contributed by atoms with Crippen molar-refractivity contribution in [1.29, 1.82) is 0 Å². The fraction of sp³-hybridized carbons (Fsp3) is 0.364. The van der Waals surface area contributed by atoms with Gasteiger partial charge >= 0.3 is 0 Å². The van der Waals surface area contributed by atoms with Crippen LogP contribution < -0.4 is 10.6 Å². The van der Waals surface area contributed by atoms with E-state index in [0.717, 1.165) is 5.56 Å². The van der Waals surface area contributed by atoms with Crippen LogP contribution in [0, 0.1) is 5.92 Å². The van der Waals surface area contributed by atoms with E-state index in [2.05, 4.69) is 10.6 Å². The van der Waals surface area contributed by atoms with Gasteiger partial charge in [-0.2, -0.15) is 0 Å². The lowest BCUT2D eigenvalue weighted by atomic mass is 10.0. The zero-order chi connectivity index (χ0) is 20.5. The normalized spacial score (nSPS) is 13.0. The van der Waals surface area contributed by atoms with E-state index in [4.69, 9.17) is 11.6 Å². The molecule has 2 aromatic rings. The summed E-state index contributed by atoms with van der Waals surface area (Å²) in [4.78, 5) is 25.3. The molecule has 0 radical (unpaired) electrons. The van der Waals surface area contributed by atoms with E-state index < -0.39 is 6.04 Å². The average Bonchev–Trinajstić information content (AvgIpc) is 2.67. The minimum Gasteiger partial charge on any atom is -0.394 e. The van der Waals surface area contributed by atoms with Gasteiger partial charge in [0.05, 0.1) is 35.7 Å². The Labute approximate surface area is 171 Å². The maximum atomic E-state index is 12.7. The van der Waals surface area contributed by atoms with Crippen LogP contribution in [0.3, 0.4) is 0 Å². The van der Waals surface area contributed by atoms with Crippen LogP contribution in [0.5, 0.6) is 0 Å². The Morgan fingerprint density at radius 1 is 1.00 bits per heavy atom. The van der Waals surface area contributed by atoms with Crippen molar-refractivity contribution in [3.8, 4) is 0 Å². The number of aliphatic hydroxyl groups excluding tert-OH is 1. The first-order chi connectivity index (χ1) is 13.4. The Kier molecular flexibility index (Phi) is 8.48. The summed E-state index contributed by atoms with van der Waals surface area (Å²) in [6.45, 7) is 3.95. The standard InChI is InChI=1S/C22H27ClN2O3/c1-15(2)12-17(14-26)24-21(27)13-20(16-8-4-3-5-9-16)25-22(28)18-10-6-7-11-19(18)23/h3-11,15,17,20,26H,12-14H2,1-2H3,(H,24,27)(H,25,28)/t17-,20+/m1/s1. The first kappa shape index (κ1) is 21.9. The Morgan fingerprint density at radius 2 is 1.64 bits per heavy atom. The molecule has 0 saturated carbocycles. The molecule has 0 saturated heterocycles. The number of hydrogen-bond acceptors (Lipinski definition) is 3. The summed E-state index contributed by atoms with van der Waals surface area (Å²) >= 11 is 6.12. The highest BCUT2D eigenvalue weighted by Crippen LogP contribution is 2.20. The summed E-state index contributed by atoms with van der Waals surface area (Å²) in [5.74, 6) is -0.219. The predicted molar refractivity (Wildman–Crippen MR) is 111 cm³/mol. The zero-order valence-corrected chi connectivity index (χ0v) is 16.9. The van der Waals surface area contributed by atoms with Crippen LogP contribution in [-0.2, 0) is 4.79 Å². The Morgan fingerprint density at radius 3 is 2.25 bits per heavy atom. The van der Waals surface area contributed by atoms with Crippen LogP contribution >= 0.6 is 11.6 Å². The van der Waals surface area contributed by atoms with Crippen LogP contribution in [0.25, 0.3) is 0 Å². The molecule has 28 heavy (non-hydrogen) atoms. The van der Waals surface area contributed by atoms with E-state index in [9.17, 15) is 14.7 Å². The first-order valence-electron chi connectivity index (χ1n) is 9.41. The predicted octanol–water partition coefficient (Wildman–Crippen LogP) is 3.72. The van der Waals surface area contributed by atoms with Crippen molar-refractivity contribution in [1.82, 2.24) is 10.6 Å². The molecule has 6 heteroatoms. The summed E-state index contributed by atoms with van der Waals surface area (Å²) in [6, 6.07) is 15.3. The molecule has 2 atom stereocenters. The highest BCUT2D eigenvalue weighted by atomic mass is 35.5. The number of aliphatic hydroxyl groups is 1. The number of nitrogens with one attached hydrogen (secondary N) is 2. The molecule has 0 fully saturated rings. The summed E-state index contributed by atoms with van der Waals surface area (Å²) in [5.41, 5.74) is 1.18. The Bertz CT molecular complexity index is 780. The number of amides is 2. The van der Waals surface area contributed by atoms with Crippen molar-refractivity contribution in [3.05, 3.63) is 70.7 Å². The average molecular weight is 403 g/mol. The van der Waals surface area contributed by atoms with Gasteiger partial charge < -0.3 is 15.7 Å². The smallest absolute Gasteiger partial charge is 0.253 e. The molecule has 0 unspecified atom stereocenters. The molecule has 0 aliphatic heterocycles. The highest BCUT2D eigenvalue weighted by molar-refractivity contribution is 6.33. The number of benzene rings is 2. The summed E-state index contributed by atoms with van der Waals surface area (Å²) in [6.07, 6.45) is 0.749. The molecule has 0 aromatic heterocycles. The monoisotopic (exact) mass is 402 g/mol. The highest BCUT2D eigenvalue weighted by Gasteiger charge is 2.22. The fourth-order valence-corrected chi connectivity index (χ4v) is 3.26. The summed E-state index contributed by atoms with van der Waals surface area (Å²) < 4.78 is 0. The zero-order valence-electron chi connectivity index (χ0n) is 16.2. The fourth-order valence-electron chi connectivity index (χ4n) is 3.04. The maximum Gasteiger partial charge on any atom is 0.253 e. The summed E-state index contributed by atoms with van der Waals surface area (Å²) in [5, 5.41) is 15.6. The Hall–Kier alpha value is -2.37. The third kappa shape index (κ3) is 6.66. The number of hydrogen-bond donors (Lipinski definition) is 3. The molecule has 0 aliphatic rings. The van der Waals surface area contributed by atoms with Gasteiger partial charge in [0, 0.05) is 0 Å². The van der Waals surface area contributed by atoms with E-state index in [1.54, 1.807) is 24.3 Å². The van der Waals surface area contributed by atoms with E-state index in [1.165, 1.54) is 0 Å². The van der Waals surface area contributed by atoms with Crippen LogP contribution in [0.4, 0.5) is 0 Å². The second-order valence-corrected chi connectivity index (χ2v) is 7.60. The molecule has 2 aromatic carbocycles. The lowest BCUT2D eigenvalue weighted by molar-refractivity contribution is -0.122. The SMILES string of the molecule is CC(C)C[C@H](CO)NC(=O)C[C@H](NC(=O)c1ccccc1Cl)c1ccccc1. The number of rotatable bonds is 9. The van der Waals surface area contributed by atoms with Crippen molar-refractivity contribution in [2.24, 2.45) is 5.92 Å². The van der Waals surface area contributed by atoms with Gasteiger partial charge in [0.1, 0.15) is 0 Å². The van der Waals surface area contributed by atoms with E-state index in [0.29, 0.717) is 22.9 Å². The molecule has 0 heterocycles. The van der Waals surface area contributed by atoms with E-state index in [-0.39, 0.29) is 30.9 Å². The molecule has 2 amide bonds. The molecule has 0 bridgehead atoms. The van der Waals surface area contributed by atoms with Crippen molar-refractivity contribution >= 4 is 23.4 Å². The van der Waals surface area contributed by atoms with Crippen molar-refractivity contribution in [2.75, 3.05) is 6.61 Å². The van der Waals surface area contributed by atoms with Crippen LogP contribution in [0.2, 0.25) is 5.02 Å². The van der Waals surface area contributed by atoms with Crippen molar-refractivity contribution < 1.29 is 14.7 Å². The molecule has 2 rings (SSSR count). The van der Waals surface area contributed by atoms with Crippen LogP contribution in [-0.4, -0.2) is 29.6 Å². The number of carbonyl (C=O) groups excluding carboxylic acids is 2. The van der Waals surface area contributed by atoms with Gasteiger partial charge in [-0.1, -0.05) is 67.9 Å². The lowest BCUT2D eigenvalue weighted by Crippen LogP contribution is -2.41. The summed E-state index contributed by atoms with van der Waals surface area (Å²) in [7, 11) is 0. The van der Waals surface area contributed by atoms with E-state index in [1.807, 2.05) is 44.2 Å². The van der Waals surface area contributed by atoms with Gasteiger partial charge in [-0.25, -0.2) is 0 Å². The number of carbonyl (C=O) groups is 2. The molecule has 3 N–H and O–H groups in total.